The molecule has 1 amide bonds. The van der Waals surface area contributed by atoms with Crippen LogP contribution in [0.2, 0.25) is 0 Å². The fourth-order valence-electron chi connectivity index (χ4n) is 1.71. The molecule has 100 valence electrons. The first kappa shape index (κ1) is 13.2. The summed E-state index contributed by atoms with van der Waals surface area (Å²) in [5.41, 5.74) is 7.12. The molecule has 0 unspecified atom stereocenters. The number of aromatic nitrogens is 3. The van der Waals surface area contributed by atoms with Crippen molar-refractivity contribution in [2.75, 3.05) is 11.9 Å². The highest BCUT2D eigenvalue weighted by Crippen LogP contribution is 2.18. The van der Waals surface area contributed by atoms with Crippen molar-refractivity contribution in [3.63, 3.8) is 0 Å². The van der Waals surface area contributed by atoms with Crippen LogP contribution in [0.15, 0.2) is 24.3 Å². The van der Waals surface area contributed by atoms with E-state index in [1.165, 1.54) is 6.92 Å². The van der Waals surface area contributed by atoms with Crippen molar-refractivity contribution in [3.8, 4) is 11.4 Å². The van der Waals surface area contributed by atoms with Gasteiger partial charge in [-0.1, -0.05) is 0 Å². The lowest BCUT2D eigenvalue weighted by Crippen LogP contribution is -2.05. The number of carbonyl (C=O) groups excluding carboxylic acids is 1. The first-order chi connectivity index (χ1) is 9.19. The summed E-state index contributed by atoms with van der Waals surface area (Å²) in [6.45, 7) is 2.12. The second-order valence-electron chi connectivity index (χ2n) is 4.26. The number of H-pyrrole nitrogens is 1. The van der Waals surface area contributed by atoms with E-state index in [-0.39, 0.29) is 5.91 Å². The molecule has 0 aliphatic carbocycles. The summed E-state index contributed by atoms with van der Waals surface area (Å²) < 4.78 is 0. The van der Waals surface area contributed by atoms with Crippen LogP contribution >= 0.6 is 0 Å². The largest absolute Gasteiger partial charge is 0.330 e. The Morgan fingerprint density at radius 2 is 2.11 bits per heavy atom. The van der Waals surface area contributed by atoms with Gasteiger partial charge in [0, 0.05) is 24.6 Å². The molecule has 6 heteroatoms. The van der Waals surface area contributed by atoms with Gasteiger partial charge in [0.1, 0.15) is 5.82 Å². The number of carbonyl (C=O) groups is 1. The van der Waals surface area contributed by atoms with Crippen molar-refractivity contribution in [1.82, 2.24) is 15.2 Å². The van der Waals surface area contributed by atoms with Gasteiger partial charge >= 0.3 is 0 Å². The average Bonchev–Trinajstić information content (AvgIpc) is 2.85. The van der Waals surface area contributed by atoms with Crippen LogP contribution in [0.5, 0.6) is 0 Å². The van der Waals surface area contributed by atoms with Crippen LogP contribution in [0.25, 0.3) is 11.4 Å². The van der Waals surface area contributed by atoms with E-state index < -0.39 is 0 Å². The standard InChI is InChI=1S/C13H17N5O/c1-9(19)15-11-6-4-10(5-7-11)13-16-12(17-18-13)3-2-8-14/h4-7H,2-3,8,14H2,1H3,(H,15,19)(H,16,17,18). The van der Waals surface area contributed by atoms with Crippen LogP contribution in [-0.2, 0) is 11.2 Å². The lowest BCUT2D eigenvalue weighted by molar-refractivity contribution is -0.114. The Labute approximate surface area is 111 Å². The number of nitrogens with zero attached hydrogens (tertiary/aromatic N) is 2. The Kier molecular flexibility index (Phi) is 4.25. The molecule has 0 aliphatic rings. The number of nitrogens with two attached hydrogens (primary N) is 1. The van der Waals surface area contributed by atoms with Crippen molar-refractivity contribution >= 4 is 11.6 Å². The van der Waals surface area contributed by atoms with Crippen LogP contribution < -0.4 is 11.1 Å². The molecule has 1 heterocycles. The predicted molar refractivity (Wildman–Crippen MR) is 73.5 cm³/mol. The van der Waals surface area contributed by atoms with Gasteiger partial charge in [0.05, 0.1) is 0 Å². The molecule has 4 N–H and O–H groups in total. The Hall–Kier alpha value is -2.21. The number of amides is 1. The number of hydrogen-bond donors (Lipinski definition) is 3. The van der Waals surface area contributed by atoms with E-state index in [4.69, 9.17) is 5.73 Å². The molecule has 0 atom stereocenters. The van der Waals surface area contributed by atoms with E-state index in [2.05, 4.69) is 20.5 Å². The van der Waals surface area contributed by atoms with Crippen molar-refractivity contribution in [1.29, 1.82) is 0 Å². The summed E-state index contributed by atoms with van der Waals surface area (Å²) in [6, 6.07) is 7.40. The minimum atomic E-state index is -0.0882. The molecular formula is C13H17N5O. The van der Waals surface area contributed by atoms with E-state index >= 15 is 0 Å². The highest BCUT2D eigenvalue weighted by atomic mass is 16.1. The summed E-state index contributed by atoms with van der Waals surface area (Å²) >= 11 is 0. The summed E-state index contributed by atoms with van der Waals surface area (Å²) in [4.78, 5) is 15.3. The predicted octanol–water partition coefficient (Wildman–Crippen LogP) is 1.32. The maximum absolute atomic E-state index is 10.9. The first-order valence-corrected chi connectivity index (χ1v) is 6.18. The Morgan fingerprint density at radius 3 is 2.74 bits per heavy atom. The van der Waals surface area contributed by atoms with Gasteiger partial charge in [0.2, 0.25) is 5.91 Å². The Bertz CT molecular complexity index is 546. The summed E-state index contributed by atoms with van der Waals surface area (Å²) in [6.07, 6.45) is 1.68. The Morgan fingerprint density at radius 1 is 1.37 bits per heavy atom. The second-order valence-corrected chi connectivity index (χ2v) is 4.26. The molecule has 19 heavy (non-hydrogen) atoms. The Balaban J connectivity index is 2.09. The highest BCUT2D eigenvalue weighted by Gasteiger charge is 2.05. The minimum Gasteiger partial charge on any atom is -0.330 e. The molecule has 0 radical (unpaired) electrons. The van der Waals surface area contributed by atoms with Crippen molar-refractivity contribution in [2.45, 2.75) is 19.8 Å². The van der Waals surface area contributed by atoms with Crippen LogP contribution in [0, 0.1) is 0 Å². The van der Waals surface area contributed by atoms with Crippen LogP contribution in [0.1, 0.15) is 19.2 Å². The van der Waals surface area contributed by atoms with Crippen molar-refractivity contribution in [2.24, 2.45) is 5.73 Å². The van der Waals surface area contributed by atoms with Crippen LogP contribution in [0.4, 0.5) is 5.69 Å². The molecule has 0 aliphatic heterocycles. The molecule has 0 spiro atoms. The molecule has 2 rings (SSSR count). The molecule has 0 fully saturated rings. The zero-order valence-electron chi connectivity index (χ0n) is 10.8. The van der Waals surface area contributed by atoms with Gasteiger partial charge in [-0.15, -0.1) is 0 Å². The molecular weight excluding hydrogens is 242 g/mol. The number of aryl methyl sites for hydroxylation is 1. The monoisotopic (exact) mass is 259 g/mol. The SMILES string of the molecule is CC(=O)Nc1ccc(-c2n[nH]c(CCCN)n2)cc1. The minimum absolute atomic E-state index is 0.0882. The van der Waals surface area contributed by atoms with Gasteiger partial charge in [-0.25, -0.2) is 4.98 Å². The number of aromatic amines is 1. The number of rotatable bonds is 5. The quantitative estimate of drug-likeness (QED) is 0.754. The molecule has 2 aromatic rings. The first-order valence-electron chi connectivity index (χ1n) is 6.18. The van der Waals surface area contributed by atoms with E-state index in [9.17, 15) is 4.79 Å². The lowest BCUT2D eigenvalue weighted by atomic mass is 10.2. The van der Waals surface area contributed by atoms with E-state index in [1.54, 1.807) is 0 Å². The van der Waals surface area contributed by atoms with Gasteiger partial charge in [-0.3, -0.25) is 9.89 Å². The zero-order chi connectivity index (χ0) is 13.7. The number of benzene rings is 1. The van der Waals surface area contributed by atoms with Gasteiger partial charge in [0.15, 0.2) is 5.82 Å². The molecule has 6 nitrogen and oxygen atoms in total. The molecule has 0 bridgehead atoms. The third-order valence-electron chi connectivity index (χ3n) is 2.61. The van der Waals surface area contributed by atoms with Crippen LogP contribution in [0.3, 0.4) is 0 Å². The van der Waals surface area contributed by atoms with Gasteiger partial charge in [-0.2, -0.15) is 5.10 Å². The summed E-state index contributed by atoms with van der Waals surface area (Å²) in [5, 5.41) is 9.78. The fourth-order valence-corrected chi connectivity index (χ4v) is 1.71. The van der Waals surface area contributed by atoms with E-state index in [1.807, 2.05) is 24.3 Å². The van der Waals surface area contributed by atoms with E-state index in [0.717, 1.165) is 29.9 Å². The lowest BCUT2D eigenvalue weighted by Gasteiger charge is -2.01. The van der Waals surface area contributed by atoms with Gasteiger partial charge in [-0.05, 0) is 37.2 Å². The smallest absolute Gasteiger partial charge is 0.221 e. The highest BCUT2D eigenvalue weighted by molar-refractivity contribution is 5.88. The van der Waals surface area contributed by atoms with Crippen molar-refractivity contribution < 1.29 is 4.79 Å². The number of hydrogen-bond acceptors (Lipinski definition) is 4. The molecule has 1 aromatic carbocycles. The third kappa shape index (κ3) is 3.62. The topological polar surface area (TPSA) is 96.7 Å². The number of nitrogens with one attached hydrogen (secondary N) is 2. The normalized spacial score (nSPS) is 10.4. The van der Waals surface area contributed by atoms with Crippen LogP contribution in [-0.4, -0.2) is 27.6 Å². The van der Waals surface area contributed by atoms with Crippen molar-refractivity contribution in [3.05, 3.63) is 30.1 Å². The third-order valence-corrected chi connectivity index (χ3v) is 2.61. The maximum atomic E-state index is 10.9. The summed E-state index contributed by atoms with van der Waals surface area (Å²) in [7, 11) is 0. The maximum Gasteiger partial charge on any atom is 0.221 e. The van der Waals surface area contributed by atoms with E-state index in [0.29, 0.717) is 12.4 Å². The van der Waals surface area contributed by atoms with Gasteiger partial charge in [0.25, 0.3) is 0 Å². The molecule has 0 saturated heterocycles. The average molecular weight is 259 g/mol. The number of anilines is 1. The summed E-state index contributed by atoms with van der Waals surface area (Å²) in [5.74, 6) is 1.41. The zero-order valence-corrected chi connectivity index (χ0v) is 10.8. The molecule has 1 aromatic heterocycles. The molecule has 0 saturated carbocycles. The fraction of sp³-hybridized carbons (Fsp3) is 0.308. The second kappa shape index (κ2) is 6.10. The van der Waals surface area contributed by atoms with Gasteiger partial charge < -0.3 is 11.1 Å².